The SMILES string of the molecule is CC1(F)C(F)(F)c2ccc(Oc3cc(F)cc(C#N)c3)c3c2[C@]1(O)C[C@H]3F. The molecule has 0 amide bonds. The number of nitriles is 1. The van der Waals surface area contributed by atoms with E-state index in [1.165, 1.54) is 6.07 Å². The van der Waals surface area contributed by atoms with Crippen LogP contribution in [0.5, 0.6) is 11.5 Å². The summed E-state index contributed by atoms with van der Waals surface area (Å²) in [6, 6.07) is 6.70. The first-order valence-electron chi connectivity index (χ1n) is 8.02. The van der Waals surface area contributed by atoms with Gasteiger partial charge in [0.25, 0.3) is 0 Å². The first-order chi connectivity index (χ1) is 12.5. The van der Waals surface area contributed by atoms with Crippen molar-refractivity contribution in [1.82, 2.24) is 0 Å². The highest BCUT2D eigenvalue weighted by molar-refractivity contribution is 5.61. The number of benzene rings is 2. The normalized spacial score (nSPS) is 30.1. The van der Waals surface area contributed by atoms with Gasteiger partial charge in [0.05, 0.1) is 11.6 Å². The van der Waals surface area contributed by atoms with E-state index in [-0.39, 0.29) is 22.6 Å². The number of hydrogen-bond acceptors (Lipinski definition) is 3. The predicted octanol–water partition coefficient (Wildman–Crippen LogP) is 4.93. The Morgan fingerprint density at radius 3 is 2.59 bits per heavy atom. The minimum atomic E-state index is -4.02. The Balaban J connectivity index is 1.89. The van der Waals surface area contributed by atoms with Gasteiger partial charge in [-0.05, 0) is 31.2 Å². The van der Waals surface area contributed by atoms with Gasteiger partial charge in [-0.25, -0.2) is 13.2 Å². The highest BCUT2D eigenvalue weighted by Gasteiger charge is 2.75. The van der Waals surface area contributed by atoms with Crippen LogP contribution >= 0.6 is 0 Å². The van der Waals surface area contributed by atoms with Crippen molar-refractivity contribution < 1.29 is 31.8 Å². The lowest BCUT2D eigenvalue weighted by molar-refractivity contribution is -0.213. The van der Waals surface area contributed by atoms with Crippen molar-refractivity contribution in [1.29, 1.82) is 5.26 Å². The monoisotopic (exact) mass is 381 g/mol. The van der Waals surface area contributed by atoms with Crippen LogP contribution in [0.4, 0.5) is 22.0 Å². The summed E-state index contributed by atoms with van der Waals surface area (Å²) < 4.78 is 77.4. The molecule has 0 saturated carbocycles. The van der Waals surface area contributed by atoms with Crippen LogP contribution < -0.4 is 4.74 Å². The van der Waals surface area contributed by atoms with Gasteiger partial charge in [0.1, 0.15) is 29.1 Å². The summed E-state index contributed by atoms with van der Waals surface area (Å²) in [6.45, 7) is 0.543. The van der Waals surface area contributed by atoms with Gasteiger partial charge in [-0.1, -0.05) is 0 Å². The Labute approximate surface area is 150 Å². The molecule has 2 aromatic carbocycles. The molecule has 0 aromatic heterocycles. The maximum absolute atomic E-state index is 14.9. The largest absolute Gasteiger partial charge is 0.457 e. The average Bonchev–Trinajstić information content (AvgIpc) is 2.92. The van der Waals surface area contributed by atoms with Gasteiger partial charge < -0.3 is 9.84 Å². The van der Waals surface area contributed by atoms with Gasteiger partial charge in [-0.15, -0.1) is 0 Å². The van der Waals surface area contributed by atoms with Crippen molar-refractivity contribution in [2.75, 3.05) is 0 Å². The fraction of sp³-hybridized carbons (Fsp3) is 0.316. The Bertz CT molecular complexity index is 1010. The van der Waals surface area contributed by atoms with Crippen molar-refractivity contribution in [2.24, 2.45) is 0 Å². The summed E-state index contributed by atoms with van der Waals surface area (Å²) in [7, 11) is 0. The van der Waals surface area contributed by atoms with Crippen molar-refractivity contribution in [3.8, 4) is 17.6 Å². The summed E-state index contributed by atoms with van der Waals surface area (Å²) in [5, 5.41) is 19.5. The highest BCUT2D eigenvalue weighted by atomic mass is 19.3. The standard InChI is InChI=1S/C19H12F5NO2/c1-17(22)18(26)7-13(21)15-14(3-2-12(16(15)18)19(17,23)24)27-11-5-9(8-25)4-10(20)6-11/h2-6,13,26H,7H2,1H3/t13-,17?,18-/m1/s1. The third-order valence-electron chi connectivity index (χ3n) is 5.34. The number of hydrogen-bond donors (Lipinski definition) is 1. The summed E-state index contributed by atoms with van der Waals surface area (Å²) >= 11 is 0. The van der Waals surface area contributed by atoms with E-state index in [2.05, 4.69) is 0 Å². The second kappa shape index (κ2) is 5.20. The van der Waals surface area contributed by atoms with Crippen LogP contribution in [0.1, 0.15) is 41.8 Å². The zero-order chi connectivity index (χ0) is 19.8. The van der Waals surface area contributed by atoms with Crippen LogP contribution in [0.2, 0.25) is 0 Å². The van der Waals surface area contributed by atoms with Crippen molar-refractivity contribution in [2.45, 2.75) is 36.7 Å². The molecule has 1 N–H and O–H groups in total. The van der Waals surface area contributed by atoms with Crippen LogP contribution in [0.3, 0.4) is 0 Å². The Morgan fingerprint density at radius 2 is 1.93 bits per heavy atom. The molecule has 0 radical (unpaired) electrons. The fourth-order valence-electron chi connectivity index (χ4n) is 3.92. The van der Waals surface area contributed by atoms with Gasteiger partial charge in [0, 0.05) is 29.2 Å². The lowest BCUT2D eigenvalue weighted by Gasteiger charge is -2.34. The molecule has 0 fully saturated rings. The van der Waals surface area contributed by atoms with Crippen LogP contribution in [-0.4, -0.2) is 10.8 Å². The average molecular weight is 381 g/mol. The molecule has 2 aliphatic carbocycles. The second-order valence-electron chi connectivity index (χ2n) is 6.90. The molecule has 2 aliphatic rings. The smallest absolute Gasteiger partial charge is 0.309 e. The molecular formula is C19H12F5NO2. The van der Waals surface area contributed by atoms with E-state index in [4.69, 9.17) is 10.00 Å². The molecule has 140 valence electrons. The van der Waals surface area contributed by atoms with E-state index in [0.29, 0.717) is 6.92 Å². The zero-order valence-corrected chi connectivity index (χ0v) is 13.9. The van der Waals surface area contributed by atoms with Crippen LogP contribution in [0, 0.1) is 17.1 Å². The Hall–Kier alpha value is -2.66. The van der Waals surface area contributed by atoms with Gasteiger partial charge in [0.15, 0.2) is 0 Å². The first kappa shape index (κ1) is 17.7. The molecule has 0 heterocycles. The van der Waals surface area contributed by atoms with E-state index in [9.17, 15) is 27.1 Å². The third kappa shape index (κ3) is 2.09. The minimum absolute atomic E-state index is 0.0567. The molecule has 2 aromatic rings. The van der Waals surface area contributed by atoms with Crippen LogP contribution in [-0.2, 0) is 11.5 Å². The molecule has 0 saturated heterocycles. The van der Waals surface area contributed by atoms with Gasteiger partial charge in [-0.2, -0.15) is 14.0 Å². The van der Waals surface area contributed by atoms with Gasteiger partial charge in [-0.3, -0.25) is 0 Å². The number of rotatable bonds is 2. The number of nitrogens with zero attached hydrogens (tertiary/aromatic N) is 1. The summed E-state index contributed by atoms with van der Waals surface area (Å²) in [6.07, 6.45) is -2.83. The van der Waals surface area contributed by atoms with Gasteiger partial charge in [0.2, 0.25) is 5.67 Å². The topological polar surface area (TPSA) is 53.2 Å². The molecule has 8 heteroatoms. The molecule has 3 nitrogen and oxygen atoms in total. The highest BCUT2D eigenvalue weighted by Crippen LogP contribution is 2.67. The first-order valence-corrected chi connectivity index (χ1v) is 8.02. The minimum Gasteiger partial charge on any atom is -0.457 e. The molecule has 0 aliphatic heterocycles. The summed E-state index contributed by atoms with van der Waals surface area (Å²) in [5.74, 6) is -5.20. The third-order valence-corrected chi connectivity index (χ3v) is 5.34. The maximum Gasteiger partial charge on any atom is 0.309 e. The van der Waals surface area contributed by atoms with Crippen LogP contribution in [0.15, 0.2) is 30.3 Å². The molecule has 0 bridgehead atoms. The number of alkyl halides is 4. The molecular weight excluding hydrogens is 369 g/mol. The molecule has 27 heavy (non-hydrogen) atoms. The van der Waals surface area contributed by atoms with E-state index < -0.39 is 46.7 Å². The molecule has 0 spiro atoms. The summed E-state index contributed by atoms with van der Waals surface area (Å²) in [4.78, 5) is 0. The number of halogens is 5. The quantitative estimate of drug-likeness (QED) is 0.751. The van der Waals surface area contributed by atoms with Crippen molar-refractivity contribution in [3.05, 3.63) is 58.4 Å². The predicted molar refractivity (Wildman–Crippen MR) is 83.4 cm³/mol. The van der Waals surface area contributed by atoms with E-state index in [1.54, 1.807) is 6.07 Å². The lowest BCUT2D eigenvalue weighted by Crippen LogP contribution is -2.49. The Kier molecular flexibility index (Phi) is 3.41. The summed E-state index contributed by atoms with van der Waals surface area (Å²) in [5.41, 5.74) is -7.88. The van der Waals surface area contributed by atoms with Crippen molar-refractivity contribution >= 4 is 0 Å². The van der Waals surface area contributed by atoms with Crippen LogP contribution in [0.25, 0.3) is 0 Å². The number of ether oxygens (including phenoxy) is 1. The fourth-order valence-corrected chi connectivity index (χ4v) is 3.92. The van der Waals surface area contributed by atoms with E-state index >= 15 is 0 Å². The number of aliphatic hydroxyl groups is 1. The molecule has 4 rings (SSSR count). The van der Waals surface area contributed by atoms with Crippen molar-refractivity contribution in [3.63, 3.8) is 0 Å². The zero-order valence-electron chi connectivity index (χ0n) is 13.9. The van der Waals surface area contributed by atoms with Gasteiger partial charge >= 0.3 is 5.92 Å². The van der Waals surface area contributed by atoms with E-state index in [0.717, 1.165) is 24.3 Å². The maximum atomic E-state index is 14.9. The second-order valence-corrected chi connectivity index (χ2v) is 6.90. The Morgan fingerprint density at radius 1 is 1.22 bits per heavy atom. The van der Waals surface area contributed by atoms with E-state index in [1.807, 2.05) is 0 Å². The molecule has 3 atom stereocenters. The lowest BCUT2D eigenvalue weighted by atomic mass is 9.85. The molecule has 1 unspecified atom stereocenters.